The van der Waals surface area contributed by atoms with Gasteiger partial charge in [-0.1, -0.05) is 18.2 Å². The molecule has 2 aromatic heterocycles. The van der Waals surface area contributed by atoms with Gasteiger partial charge >= 0.3 is 0 Å². The summed E-state index contributed by atoms with van der Waals surface area (Å²) in [7, 11) is 0. The zero-order valence-electron chi connectivity index (χ0n) is 16.6. The SMILES string of the molecule is CCn1c(=O)c2ccccc2n2c(CNc3cc(NC(C)=O)ccc3C)nnc12. The molecule has 0 aliphatic rings. The van der Waals surface area contributed by atoms with Gasteiger partial charge in [-0.2, -0.15) is 0 Å². The lowest BCUT2D eigenvalue weighted by molar-refractivity contribution is -0.114. The number of hydrogen-bond acceptors (Lipinski definition) is 5. The normalized spacial score (nSPS) is 11.1. The molecule has 29 heavy (non-hydrogen) atoms. The Morgan fingerprint density at radius 3 is 2.69 bits per heavy atom. The first-order valence-electron chi connectivity index (χ1n) is 9.47. The second kappa shape index (κ2) is 7.38. The Labute approximate surface area is 167 Å². The summed E-state index contributed by atoms with van der Waals surface area (Å²) < 4.78 is 3.54. The fourth-order valence-electron chi connectivity index (χ4n) is 3.48. The van der Waals surface area contributed by atoms with Gasteiger partial charge in [-0.15, -0.1) is 10.2 Å². The summed E-state index contributed by atoms with van der Waals surface area (Å²) >= 11 is 0. The minimum Gasteiger partial charge on any atom is -0.377 e. The van der Waals surface area contributed by atoms with Crippen LogP contribution in [0.5, 0.6) is 0 Å². The van der Waals surface area contributed by atoms with Gasteiger partial charge in [0.2, 0.25) is 11.7 Å². The Bertz CT molecular complexity index is 1290. The van der Waals surface area contributed by atoms with Crippen LogP contribution in [0.3, 0.4) is 0 Å². The van der Waals surface area contributed by atoms with Crippen molar-refractivity contribution in [1.29, 1.82) is 0 Å². The molecule has 0 fully saturated rings. The molecular formula is C21H22N6O2. The molecule has 4 rings (SSSR count). The maximum absolute atomic E-state index is 12.8. The molecule has 2 aromatic carbocycles. The molecule has 0 saturated heterocycles. The smallest absolute Gasteiger partial charge is 0.262 e. The van der Waals surface area contributed by atoms with Crippen LogP contribution < -0.4 is 16.2 Å². The number of amides is 1. The molecule has 8 heteroatoms. The van der Waals surface area contributed by atoms with E-state index in [0.29, 0.717) is 30.1 Å². The van der Waals surface area contributed by atoms with Gasteiger partial charge in [0.25, 0.3) is 5.56 Å². The van der Waals surface area contributed by atoms with Crippen molar-refractivity contribution in [2.24, 2.45) is 0 Å². The molecule has 0 unspecified atom stereocenters. The zero-order chi connectivity index (χ0) is 20.5. The van der Waals surface area contributed by atoms with Gasteiger partial charge in [-0.3, -0.25) is 18.6 Å². The van der Waals surface area contributed by atoms with Crippen LogP contribution >= 0.6 is 0 Å². The van der Waals surface area contributed by atoms with Crippen LogP contribution in [0.2, 0.25) is 0 Å². The summed E-state index contributed by atoms with van der Waals surface area (Å²) in [4.78, 5) is 24.1. The number of fused-ring (bicyclic) bond motifs is 3. The number of hydrogen-bond donors (Lipinski definition) is 2. The number of carbonyl (C=O) groups excluding carboxylic acids is 1. The summed E-state index contributed by atoms with van der Waals surface area (Å²) in [6.45, 7) is 6.31. The third-order valence-corrected chi connectivity index (χ3v) is 4.89. The summed E-state index contributed by atoms with van der Waals surface area (Å²) in [5.74, 6) is 1.10. The molecule has 0 saturated carbocycles. The molecule has 0 aliphatic carbocycles. The summed E-state index contributed by atoms with van der Waals surface area (Å²) in [6, 6.07) is 13.2. The average Bonchev–Trinajstić information content (AvgIpc) is 3.12. The maximum atomic E-state index is 12.8. The van der Waals surface area contributed by atoms with Crippen molar-refractivity contribution in [2.75, 3.05) is 10.6 Å². The molecule has 0 aliphatic heterocycles. The standard InChI is InChI=1S/C21H22N6O2/c1-4-26-20(29)16-7-5-6-8-18(16)27-19(24-25-21(26)27)12-22-17-11-15(23-14(3)28)10-9-13(17)2/h5-11,22H,4,12H2,1-3H3,(H,23,28). The van der Waals surface area contributed by atoms with E-state index in [1.807, 2.05) is 60.7 Å². The average molecular weight is 390 g/mol. The Balaban J connectivity index is 1.76. The second-order valence-electron chi connectivity index (χ2n) is 6.88. The van der Waals surface area contributed by atoms with Crippen LogP contribution in [-0.2, 0) is 17.9 Å². The van der Waals surface area contributed by atoms with Crippen molar-refractivity contribution < 1.29 is 4.79 Å². The topological polar surface area (TPSA) is 93.3 Å². The van der Waals surface area contributed by atoms with Crippen LogP contribution in [0.4, 0.5) is 11.4 Å². The Morgan fingerprint density at radius 1 is 1.14 bits per heavy atom. The minimum absolute atomic E-state index is 0.0682. The minimum atomic E-state index is -0.118. The van der Waals surface area contributed by atoms with E-state index < -0.39 is 0 Å². The lowest BCUT2D eigenvalue weighted by Crippen LogP contribution is -2.23. The van der Waals surface area contributed by atoms with Crippen molar-refractivity contribution in [2.45, 2.75) is 33.9 Å². The first-order valence-corrected chi connectivity index (χ1v) is 9.47. The quantitative estimate of drug-likeness (QED) is 0.546. The molecule has 0 bridgehead atoms. The molecule has 2 heterocycles. The van der Waals surface area contributed by atoms with Gasteiger partial charge in [0, 0.05) is 24.8 Å². The van der Waals surface area contributed by atoms with E-state index in [-0.39, 0.29) is 11.5 Å². The molecule has 148 valence electrons. The van der Waals surface area contributed by atoms with E-state index in [9.17, 15) is 9.59 Å². The lowest BCUT2D eigenvalue weighted by Gasteiger charge is -2.13. The third-order valence-electron chi connectivity index (χ3n) is 4.89. The van der Waals surface area contributed by atoms with Crippen molar-refractivity contribution in [3.05, 3.63) is 64.2 Å². The Morgan fingerprint density at radius 2 is 1.93 bits per heavy atom. The molecular weight excluding hydrogens is 368 g/mol. The van der Waals surface area contributed by atoms with Gasteiger partial charge in [0.15, 0.2) is 5.82 Å². The number of benzene rings is 2. The highest BCUT2D eigenvalue weighted by Gasteiger charge is 2.15. The van der Waals surface area contributed by atoms with E-state index in [1.165, 1.54) is 6.92 Å². The molecule has 4 aromatic rings. The van der Waals surface area contributed by atoms with E-state index in [2.05, 4.69) is 20.8 Å². The van der Waals surface area contributed by atoms with Gasteiger partial charge in [0.1, 0.15) is 0 Å². The summed E-state index contributed by atoms with van der Waals surface area (Å²) in [5, 5.41) is 15.4. The summed E-state index contributed by atoms with van der Waals surface area (Å²) in [5.41, 5.74) is 3.37. The highest BCUT2D eigenvalue weighted by atomic mass is 16.1. The maximum Gasteiger partial charge on any atom is 0.262 e. The number of para-hydroxylation sites is 1. The zero-order valence-corrected chi connectivity index (χ0v) is 16.6. The third kappa shape index (κ3) is 3.33. The van der Waals surface area contributed by atoms with E-state index in [4.69, 9.17) is 0 Å². The highest BCUT2D eigenvalue weighted by molar-refractivity contribution is 5.89. The van der Waals surface area contributed by atoms with Crippen molar-refractivity contribution in [1.82, 2.24) is 19.2 Å². The predicted molar refractivity (Wildman–Crippen MR) is 113 cm³/mol. The number of anilines is 2. The molecule has 0 radical (unpaired) electrons. The number of nitrogens with one attached hydrogen (secondary N) is 2. The van der Waals surface area contributed by atoms with Gasteiger partial charge in [-0.05, 0) is 43.7 Å². The number of aryl methyl sites for hydroxylation is 2. The van der Waals surface area contributed by atoms with Gasteiger partial charge < -0.3 is 10.6 Å². The first kappa shape index (κ1) is 18.7. The number of aromatic nitrogens is 4. The fourth-order valence-corrected chi connectivity index (χ4v) is 3.48. The van der Waals surface area contributed by atoms with E-state index in [0.717, 1.165) is 22.5 Å². The number of nitrogens with zero attached hydrogens (tertiary/aromatic N) is 4. The van der Waals surface area contributed by atoms with Crippen LogP contribution in [0.25, 0.3) is 16.7 Å². The van der Waals surface area contributed by atoms with Crippen LogP contribution in [-0.4, -0.2) is 25.1 Å². The van der Waals surface area contributed by atoms with Gasteiger partial charge in [0.05, 0.1) is 17.4 Å². The van der Waals surface area contributed by atoms with Crippen molar-refractivity contribution in [3.8, 4) is 0 Å². The second-order valence-corrected chi connectivity index (χ2v) is 6.88. The van der Waals surface area contributed by atoms with Gasteiger partial charge in [-0.25, -0.2) is 0 Å². The Kier molecular flexibility index (Phi) is 4.75. The predicted octanol–water partition coefficient (Wildman–Crippen LogP) is 2.94. The molecule has 0 spiro atoms. The van der Waals surface area contributed by atoms with Crippen LogP contribution in [0.1, 0.15) is 25.2 Å². The lowest BCUT2D eigenvalue weighted by atomic mass is 10.1. The van der Waals surface area contributed by atoms with Crippen LogP contribution in [0, 0.1) is 6.92 Å². The highest BCUT2D eigenvalue weighted by Crippen LogP contribution is 2.22. The summed E-state index contributed by atoms with van der Waals surface area (Å²) in [6.07, 6.45) is 0. The van der Waals surface area contributed by atoms with E-state index in [1.54, 1.807) is 4.57 Å². The first-order chi connectivity index (χ1) is 14.0. The molecule has 0 atom stereocenters. The number of carbonyl (C=O) groups is 1. The fraction of sp³-hybridized carbons (Fsp3) is 0.238. The van der Waals surface area contributed by atoms with E-state index >= 15 is 0 Å². The van der Waals surface area contributed by atoms with Crippen LogP contribution in [0.15, 0.2) is 47.3 Å². The Hall–Kier alpha value is -3.68. The molecule has 8 nitrogen and oxygen atoms in total. The molecule has 2 N–H and O–H groups in total. The largest absolute Gasteiger partial charge is 0.377 e. The van der Waals surface area contributed by atoms with Crippen molar-refractivity contribution in [3.63, 3.8) is 0 Å². The number of rotatable bonds is 5. The molecule has 1 amide bonds. The monoisotopic (exact) mass is 390 g/mol. The van der Waals surface area contributed by atoms with Crippen molar-refractivity contribution >= 4 is 34.0 Å².